The highest BCUT2D eigenvalue weighted by Gasteiger charge is 2.11. The molecule has 3 nitrogen and oxygen atoms in total. The lowest BCUT2D eigenvalue weighted by atomic mass is 10.3. The lowest BCUT2D eigenvalue weighted by molar-refractivity contribution is 0.190. The lowest BCUT2D eigenvalue weighted by Gasteiger charge is -2.01. The molecule has 2 rings (SSSR count). The highest BCUT2D eigenvalue weighted by atomic mass is 32.1. The van der Waals surface area contributed by atoms with Crippen LogP contribution in [-0.4, -0.2) is 16.8 Å². The molecule has 70 valence electrons. The fourth-order valence-corrected chi connectivity index (χ4v) is 3.26. The molecule has 0 fully saturated rings. The fraction of sp³-hybridized carbons (Fsp3) is 0.250. The molecule has 0 aliphatic carbocycles. The van der Waals surface area contributed by atoms with E-state index >= 15 is 0 Å². The van der Waals surface area contributed by atoms with Gasteiger partial charge in [0.05, 0.1) is 0 Å². The summed E-state index contributed by atoms with van der Waals surface area (Å²) in [4.78, 5) is 0.865. The van der Waals surface area contributed by atoms with Crippen molar-refractivity contribution in [3.05, 3.63) is 17.0 Å². The van der Waals surface area contributed by atoms with Crippen molar-refractivity contribution in [2.45, 2.75) is 6.10 Å². The first-order chi connectivity index (χ1) is 6.20. The van der Waals surface area contributed by atoms with Crippen molar-refractivity contribution in [1.29, 1.82) is 0 Å². The van der Waals surface area contributed by atoms with Crippen LogP contribution in [0.25, 0.3) is 9.40 Å². The normalized spacial score (nSPS) is 13.7. The van der Waals surface area contributed by atoms with Gasteiger partial charge in [-0.05, 0) is 6.07 Å². The average Bonchev–Trinajstić information content (AvgIpc) is 2.59. The summed E-state index contributed by atoms with van der Waals surface area (Å²) in [5.74, 6) is 0. The number of nitrogens with two attached hydrogens (primary N) is 1. The Morgan fingerprint density at radius 1 is 1.31 bits per heavy atom. The Labute approximate surface area is 83.1 Å². The van der Waals surface area contributed by atoms with Gasteiger partial charge in [0.2, 0.25) is 0 Å². The number of rotatable bonds is 2. The van der Waals surface area contributed by atoms with E-state index in [1.807, 2.05) is 6.07 Å². The number of hydrogen-bond donors (Lipinski definition) is 3. The van der Waals surface area contributed by atoms with Gasteiger partial charge in [0.1, 0.15) is 6.10 Å². The number of aliphatic hydroxyl groups is 1. The third-order valence-electron chi connectivity index (χ3n) is 1.76. The Kier molecular flexibility index (Phi) is 2.25. The average molecular weight is 215 g/mol. The Morgan fingerprint density at radius 3 is 2.62 bits per heavy atom. The van der Waals surface area contributed by atoms with Crippen molar-refractivity contribution in [1.82, 2.24) is 0 Å². The van der Waals surface area contributed by atoms with Crippen molar-refractivity contribution >= 4 is 32.1 Å². The highest BCUT2D eigenvalue weighted by Crippen LogP contribution is 2.38. The zero-order chi connectivity index (χ0) is 9.42. The quantitative estimate of drug-likeness (QED) is 0.713. The molecule has 0 aliphatic rings. The van der Waals surface area contributed by atoms with Gasteiger partial charge in [0.25, 0.3) is 0 Å². The molecule has 4 N–H and O–H groups in total. The van der Waals surface area contributed by atoms with Crippen LogP contribution in [0.3, 0.4) is 0 Å². The molecule has 5 heteroatoms. The maximum atomic E-state index is 9.45. The molecule has 0 spiro atoms. The maximum Gasteiger partial charge on any atom is 0.173 e. The van der Waals surface area contributed by atoms with E-state index in [-0.39, 0.29) is 6.54 Å². The number of hydrogen-bond acceptors (Lipinski definition) is 5. The minimum atomic E-state index is -0.577. The summed E-state index contributed by atoms with van der Waals surface area (Å²) in [6.45, 7) is 0.236. The Hall–Kier alpha value is -0.620. The fourth-order valence-electron chi connectivity index (χ4n) is 1.12. The largest absolute Gasteiger partial charge is 0.499 e. The number of thiophene rings is 2. The van der Waals surface area contributed by atoms with E-state index in [0.29, 0.717) is 5.06 Å². The first-order valence-electron chi connectivity index (χ1n) is 3.81. The van der Waals surface area contributed by atoms with E-state index in [2.05, 4.69) is 0 Å². The lowest BCUT2D eigenvalue weighted by Crippen LogP contribution is -2.09. The van der Waals surface area contributed by atoms with Gasteiger partial charge in [0.15, 0.2) is 5.06 Å². The number of aromatic hydroxyl groups is 1. The van der Waals surface area contributed by atoms with Crippen molar-refractivity contribution in [3.8, 4) is 5.06 Å². The molecule has 2 aromatic heterocycles. The van der Waals surface area contributed by atoms with Crippen molar-refractivity contribution in [2.75, 3.05) is 6.54 Å². The van der Waals surface area contributed by atoms with Crippen molar-refractivity contribution < 1.29 is 10.2 Å². The molecule has 0 saturated carbocycles. The monoisotopic (exact) mass is 215 g/mol. The summed E-state index contributed by atoms with van der Waals surface area (Å²) in [6, 6.07) is 3.58. The van der Waals surface area contributed by atoms with Gasteiger partial charge in [-0.25, -0.2) is 0 Å². The van der Waals surface area contributed by atoms with Gasteiger partial charge in [-0.1, -0.05) is 11.3 Å². The number of fused-ring (bicyclic) bond motifs is 1. The van der Waals surface area contributed by atoms with Gasteiger partial charge < -0.3 is 15.9 Å². The Balaban J connectivity index is 2.45. The molecule has 13 heavy (non-hydrogen) atoms. The molecule has 0 amide bonds. The van der Waals surface area contributed by atoms with E-state index in [4.69, 9.17) is 10.8 Å². The van der Waals surface area contributed by atoms with Crippen LogP contribution in [-0.2, 0) is 0 Å². The molecule has 2 heterocycles. The van der Waals surface area contributed by atoms with Crippen LogP contribution in [0, 0.1) is 0 Å². The molecule has 0 radical (unpaired) electrons. The van der Waals surface area contributed by atoms with E-state index in [0.717, 1.165) is 14.3 Å². The summed E-state index contributed by atoms with van der Waals surface area (Å²) in [5, 5.41) is 18.9. The SMILES string of the molecule is NCC(O)c1cc2sc(O)cc2s1. The minimum Gasteiger partial charge on any atom is -0.499 e. The zero-order valence-corrected chi connectivity index (χ0v) is 8.36. The van der Waals surface area contributed by atoms with Gasteiger partial charge in [-0.3, -0.25) is 0 Å². The van der Waals surface area contributed by atoms with Crippen LogP contribution < -0.4 is 5.73 Å². The second-order valence-electron chi connectivity index (χ2n) is 2.71. The zero-order valence-electron chi connectivity index (χ0n) is 6.73. The highest BCUT2D eigenvalue weighted by molar-refractivity contribution is 7.28. The smallest absolute Gasteiger partial charge is 0.173 e. The summed E-state index contributed by atoms with van der Waals surface area (Å²) in [5.41, 5.74) is 5.34. The molecule has 0 aliphatic heterocycles. The van der Waals surface area contributed by atoms with E-state index < -0.39 is 6.10 Å². The molecule has 1 unspecified atom stereocenters. The van der Waals surface area contributed by atoms with Gasteiger partial charge in [0, 0.05) is 26.9 Å². The van der Waals surface area contributed by atoms with Crippen LogP contribution in [0.4, 0.5) is 0 Å². The summed E-state index contributed by atoms with van der Waals surface area (Å²) in [6.07, 6.45) is -0.577. The molecular formula is C8H9NO2S2. The number of aliphatic hydroxyl groups excluding tert-OH is 1. The molecule has 0 aromatic carbocycles. The maximum absolute atomic E-state index is 9.45. The predicted molar refractivity (Wildman–Crippen MR) is 55.4 cm³/mol. The van der Waals surface area contributed by atoms with E-state index in [1.54, 1.807) is 6.07 Å². The van der Waals surface area contributed by atoms with E-state index in [9.17, 15) is 5.11 Å². The van der Waals surface area contributed by atoms with E-state index in [1.165, 1.54) is 22.7 Å². The van der Waals surface area contributed by atoms with Gasteiger partial charge >= 0.3 is 0 Å². The van der Waals surface area contributed by atoms with Crippen LogP contribution in [0.1, 0.15) is 11.0 Å². The minimum absolute atomic E-state index is 0.236. The Bertz CT molecular complexity index is 389. The third kappa shape index (κ3) is 1.55. The third-order valence-corrected chi connectivity index (χ3v) is 3.96. The summed E-state index contributed by atoms with van der Waals surface area (Å²) < 4.78 is 2.01. The molecule has 0 bridgehead atoms. The van der Waals surface area contributed by atoms with Crippen molar-refractivity contribution in [2.24, 2.45) is 5.73 Å². The summed E-state index contributed by atoms with van der Waals surface area (Å²) in [7, 11) is 0. The van der Waals surface area contributed by atoms with Crippen LogP contribution in [0.15, 0.2) is 12.1 Å². The molecular weight excluding hydrogens is 206 g/mol. The second-order valence-corrected chi connectivity index (χ2v) is 4.89. The standard InChI is InChI=1S/C8H9NO2S2/c9-3-4(10)5-1-6-7(12-5)2-8(11)13-6/h1-2,4,10-11H,3,9H2. The Morgan fingerprint density at radius 2 is 2.00 bits per heavy atom. The summed E-state index contributed by atoms with van der Waals surface area (Å²) >= 11 is 2.79. The molecule has 2 aromatic rings. The molecule has 1 atom stereocenters. The second kappa shape index (κ2) is 3.26. The van der Waals surface area contributed by atoms with Crippen LogP contribution >= 0.6 is 22.7 Å². The first-order valence-corrected chi connectivity index (χ1v) is 5.44. The van der Waals surface area contributed by atoms with Gasteiger partial charge in [-0.15, -0.1) is 11.3 Å². The van der Waals surface area contributed by atoms with Crippen LogP contribution in [0.2, 0.25) is 0 Å². The van der Waals surface area contributed by atoms with Gasteiger partial charge in [-0.2, -0.15) is 0 Å². The van der Waals surface area contributed by atoms with Crippen molar-refractivity contribution in [3.63, 3.8) is 0 Å². The molecule has 0 saturated heterocycles. The first kappa shape index (κ1) is 8.96. The van der Waals surface area contributed by atoms with Crippen LogP contribution in [0.5, 0.6) is 5.06 Å². The topological polar surface area (TPSA) is 66.5 Å². The predicted octanol–water partition coefficient (Wildman–Crippen LogP) is 1.66.